The third-order valence-electron chi connectivity index (χ3n) is 6.39. The largest absolute Gasteiger partial charge is 0.454 e. The van der Waals surface area contributed by atoms with E-state index in [0.717, 1.165) is 24.3 Å². The van der Waals surface area contributed by atoms with Crippen LogP contribution >= 0.6 is 0 Å². The summed E-state index contributed by atoms with van der Waals surface area (Å²) in [4.78, 5) is 4.58. The maximum atomic E-state index is 12.8. The third-order valence-corrected chi connectivity index (χ3v) is 8.27. The summed E-state index contributed by atoms with van der Waals surface area (Å²) in [5, 5.41) is 3.41. The van der Waals surface area contributed by atoms with Crippen LogP contribution in [0.15, 0.2) is 41.4 Å². The number of anilines is 1. The van der Waals surface area contributed by atoms with Gasteiger partial charge in [-0.1, -0.05) is 6.07 Å². The Labute approximate surface area is 187 Å². The minimum absolute atomic E-state index is 0.139. The maximum absolute atomic E-state index is 12.8. The molecule has 0 saturated carbocycles. The van der Waals surface area contributed by atoms with E-state index in [2.05, 4.69) is 22.4 Å². The molecule has 172 valence electrons. The summed E-state index contributed by atoms with van der Waals surface area (Å²) in [6, 6.07) is 9.43. The lowest BCUT2D eigenvalue weighted by molar-refractivity contribution is 0.0543. The Morgan fingerprint density at radius 2 is 1.72 bits per heavy atom. The van der Waals surface area contributed by atoms with E-state index >= 15 is 0 Å². The molecule has 3 aliphatic rings. The SMILES string of the molecule is O=S(=O)(c1ccc(NCC2(c3ccc4c(c3)OCO4)CCOCC2)nc1)N1CCOCC1. The fourth-order valence-electron chi connectivity index (χ4n) is 4.39. The number of sulfonamides is 1. The molecule has 0 aliphatic carbocycles. The van der Waals surface area contributed by atoms with E-state index in [1.165, 1.54) is 16.1 Å². The van der Waals surface area contributed by atoms with Gasteiger partial charge in [0.15, 0.2) is 11.5 Å². The highest BCUT2D eigenvalue weighted by Gasteiger charge is 2.36. The van der Waals surface area contributed by atoms with Crippen LogP contribution < -0.4 is 14.8 Å². The zero-order valence-electron chi connectivity index (χ0n) is 17.8. The molecular weight excluding hydrogens is 434 g/mol. The van der Waals surface area contributed by atoms with Crippen molar-refractivity contribution in [2.75, 3.05) is 58.2 Å². The van der Waals surface area contributed by atoms with Gasteiger partial charge in [0.1, 0.15) is 10.7 Å². The summed E-state index contributed by atoms with van der Waals surface area (Å²) >= 11 is 0. The van der Waals surface area contributed by atoms with Crippen molar-refractivity contribution in [3.63, 3.8) is 0 Å². The van der Waals surface area contributed by atoms with E-state index in [4.69, 9.17) is 18.9 Å². The first-order chi connectivity index (χ1) is 15.6. The zero-order chi connectivity index (χ0) is 22.0. The van der Waals surface area contributed by atoms with Crippen molar-refractivity contribution < 1.29 is 27.4 Å². The lowest BCUT2D eigenvalue weighted by Gasteiger charge is -2.38. The lowest BCUT2D eigenvalue weighted by atomic mass is 9.74. The molecule has 0 spiro atoms. The van der Waals surface area contributed by atoms with Gasteiger partial charge in [-0.3, -0.25) is 0 Å². The molecule has 2 aromatic rings. The Morgan fingerprint density at radius 1 is 0.969 bits per heavy atom. The highest BCUT2D eigenvalue weighted by atomic mass is 32.2. The monoisotopic (exact) mass is 461 g/mol. The predicted molar refractivity (Wildman–Crippen MR) is 117 cm³/mol. The van der Waals surface area contributed by atoms with Gasteiger partial charge in [-0.2, -0.15) is 4.31 Å². The average Bonchev–Trinajstić information content (AvgIpc) is 3.32. The number of fused-ring (bicyclic) bond motifs is 1. The standard InChI is InChI=1S/C22H27N3O6S/c26-32(27,25-7-11-29-12-8-25)18-2-4-21(23-14-18)24-15-22(5-9-28-10-6-22)17-1-3-19-20(13-17)31-16-30-19/h1-4,13-14H,5-12,15-16H2,(H,23,24). The molecule has 5 rings (SSSR count). The molecule has 1 aromatic carbocycles. The van der Waals surface area contributed by atoms with Crippen molar-refractivity contribution in [3.05, 3.63) is 42.1 Å². The first-order valence-electron chi connectivity index (χ1n) is 10.8. The predicted octanol–water partition coefficient (Wildman–Crippen LogP) is 1.99. The van der Waals surface area contributed by atoms with Crippen LogP contribution in [0, 0.1) is 0 Å². The molecule has 32 heavy (non-hydrogen) atoms. The van der Waals surface area contributed by atoms with Crippen molar-refractivity contribution >= 4 is 15.8 Å². The summed E-state index contributed by atoms with van der Waals surface area (Å²) in [7, 11) is -3.55. The minimum atomic E-state index is -3.55. The zero-order valence-corrected chi connectivity index (χ0v) is 18.6. The Hall–Kier alpha value is -2.40. The van der Waals surface area contributed by atoms with Gasteiger partial charge in [-0.05, 0) is 42.7 Å². The highest BCUT2D eigenvalue weighted by Crippen LogP contribution is 2.41. The van der Waals surface area contributed by atoms with E-state index in [1.807, 2.05) is 6.07 Å². The lowest BCUT2D eigenvalue weighted by Crippen LogP contribution is -2.40. The number of benzene rings is 1. The van der Waals surface area contributed by atoms with E-state index in [9.17, 15) is 8.42 Å². The molecular formula is C22H27N3O6S. The number of nitrogens with zero attached hydrogens (tertiary/aromatic N) is 2. The summed E-state index contributed by atoms with van der Waals surface area (Å²) < 4.78 is 49.0. The second-order valence-electron chi connectivity index (χ2n) is 8.21. The number of hydrogen-bond donors (Lipinski definition) is 1. The number of pyridine rings is 1. The van der Waals surface area contributed by atoms with Crippen LogP contribution in [0.5, 0.6) is 11.5 Å². The van der Waals surface area contributed by atoms with E-state index < -0.39 is 10.0 Å². The molecule has 1 N–H and O–H groups in total. The minimum Gasteiger partial charge on any atom is -0.454 e. The number of rotatable bonds is 6. The van der Waals surface area contributed by atoms with Crippen LogP contribution in [-0.2, 0) is 24.9 Å². The quantitative estimate of drug-likeness (QED) is 0.697. The van der Waals surface area contributed by atoms with Crippen LogP contribution in [-0.4, -0.2) is 70.6 Å². The van der Waals surface area contributed by atoms with Crippen LogP contribution in [0.3, 0.4) is 0 Å². The van der Waals surface area contributed by atoms with Gasteiger partial charge in [0.05, 0.1) is 13.2 Å². The molecule has 0 atom stereocenters. The second kappa shape index (κ2) is 8.86. The maximum Gasteiger partial charge on any atom is 0.244 e. The summed E-state index contributed by atoms with van der Waals surface area (Å²) in [5.41, 5.74) is 1.03. The molecule has 0 unspecified atom stereocenters. The number of nitrogens with one attached hydrogen (secondary N) is 1. The smallest absolute Gasteiger partial charge is 0.244 e. The number of hydrogen-bond acceptors (Lipinski definition) is 8. The van der Waals surface area contributed by atoms with Crippen molar-refractivity contribution in [2.45, 2.75) is 23.2 Å². The number of ether oxygens (including phenoxy) is 4. The molecule has 10 heteroatoms. The van der Waals surface area contributed by atoms with Crippen molar-refractivity contribution in [1.82, 2.24) is 9.29 Å². The van der Waals surface area contributed by atoms with E-state index in [1.54, 1.807) is 12.1 Å². The Kier molecular flexibility index (Phi) is 5.93. The van der Waals surface area contributed by atoms with Gasteiger partial charge in [0.2, 0.25) is 16.8 Å². The van der Waals surface area contributed by atoms with Crippen LogP contribution in [0.4, 0.5) is 5.82 Å². The van der Waals surface area contributed by atoms with Crippen molar-refractivity contribution in [3.8, 4) is 11.5 Å². The molecule has 0 bridgehead atoms. The average molecular weight is 462 g/mol. The Bertz CT molecular complexity index is 1050. The molecule has 0 radical (unpaired) electrons. The Balaban J connectivity index is 1.32. The van der Waals surface area contributed by atoms with Crippen LogP contribution in [0.2, 0.25) is 0 Å². The topological polar surface area (TPSA) is 99.2 Å². The molecule has 9 nitrogen and oxygen atoms in total. The molecule has 2 fully saturated rings. The van der Waals surface area contributed by atoms with Crippen LogP contribution in [0.25, 0.3) is 0 Å². The molecule has 2 saturated heterocycles. The van der Waals surface area contributed by atoms with E-state index in [-0.39, 0.29) is 17.1 Å². The van der Waals surface area contributed by atoms with Gasteiger partial charge >= 0.3 is 0 Å². The number of morpholine rings is 1. The Morgan fingerprint density at radius 3 is 2.47 bits per heavy atom. The van der Waals surface area contributed by atoms with Gasteiger partial charge < -0.3 is 24.3 Å². The molecule has 4 heterocycles. The molecule has 0 amide bonds. The first kappa shape index (κ1) is 21.4. The summed E-state index contributed by atoms with van der Waals surface area (Å²) in [6.45, 7) is 3.82. The fourth-order valence-corrected chi connectivity index (χ4v) is 5.74. The highest BCUT2D eigenvalue weighted by molar-refractivity contribution is 7.89. The third kappa shape index (κ3) is 4.15. The van der Waals surface area contributed by atoms with Crippen molar-refractivity contribution in [2.24, 2.45) is 0 Å². The van der Waals surface area contributed by atoms with Crippen molar-refractivity contribution in [1.29, 1.82) is 0 Å². The number of aromatic nitrogens is 1. The molecule has 1 aromatic heterocycles. The van der Waals surface area contributed by atoms with Gasteiger partial charge in [-0.25, -0.2) is 13.4 Å². The normalized spacial score (nSPS) is 20.8. The second-order valence-corrected chi connectivity index (χ2v) is 10.1. The van der Waals surface area contributed by atoms with Gasteiger partial charge in [-0.15, -0.1) is 0 Å². The first-order valence-corrected chi connectivity index (χ1v) is 12.3. The van der Waals surface area contributed by atoms with Crippen LogP contribution in [0.1, 0.15) is 18.4 Å². The van der Waals surface area contributed by atoms with Gasteiger partial charge in [0, 0.05) is 44.5 Å². The van der Waals surface area contributed by atoms with Gasteiger partial charge in [0.25, 0.3) is 0 Å². The fraction of sp³-hybridized carbons (Fsp3) is 0.500. The molecule has 3 aliphatic heterocycles. The summed E-state index contributed by atoms with van der Waals surface area (Å²) in [5.74, 6) is 2.17. The van der Waals surface area contributed by atoms with E-state index in [0.29, 0.717) is 51.9 Å². The summed E-state index contributed by atoms with van der Waals surface area (Å²) in [6.07, 6.45) is 3.15.